The molecule has 0 atom stereocenters. The van der Waals surface area contributed by atoms with Gasteiger partial charge in [0.2, 0.25) is 5.88 Å². The number of aromatic nitrogens is 2. The molecule has 0 radical (unpaired) electrons. The van der Waals surface area contributed by atoms with Crippen LogP contribution >= 0.6 is 0 Å². The summed E-state index contributed by atoms with van der Waals surface area (Å²) in [6.45, 7) is 6.99. The van der Waals surface area contributed by atoms with Crippen LogP contribution in [0.3, 0.4) is 0 Å². The summed E-state index contributed by atoms with van der Waals surface area (Å²) in [5.74, 6) is 6.98. The molecule has 0 aliphatic carbocycles. The molecular weight excluding hydrogens is 216 g/mol. The average molecular weight is 238 g/mol. The summed E-state index contributed by atoms with van der Waals surface area (Å²) < 4.78 is 5.70. The Kier molecular flexibility index (Phi) is 5.69. The second-order valence-corrected chi connectivity index (χ2v) is 4.30. The fraction of sp³-hybridized carbons (Fsp3) is 0.667. The third-order valence-corrected chi connectivity index (χ3v) is 2.55. The van der Waals surface area contributed by atoms with E-state index in [-0.39, 0.29) is 5.92 Å². The first-order valence-corrected chi connectivity index (χ1v) is 6.15. The van der Waals surface area contributed by atoms with Crippen molar-refractivity contribution in [3.05, 3.63) is 11.9 Å². The van der Waals surface area contributed by atoms with Gasteiger partial charge in [0.1, 0.15) is 6.33 Å². The number of hydrogen-bond donors (Lipinski definition) is 2. The van der Waals surface area contributed by atoms with Gasteiger partial charge in [-0.3, -0.25) is 0 Å². The van der Waals surface area contributed by atoms with Gasteiger partial charge in [-0.25, -0.2) is 15.8 Å². The van der Waals surface area contributed by atoms with E-state index in [2.05, 4.69) is 36.2 Å². The Bertz CT molecular complexity index is 341. The standard InChI is InChI=1S/C12H22N4O/c1-4-5-6-7-17-12-10(9(2)3)11(16-13)14-8-15-12/h8-9H,4-7,13H2,1-3H3,(H,14,15,16). The number of nitrogens with one attached hydrogen (secondary N) is 1. The number of hydrogen-bond acceptors (Lipinski definition) is 5. The lowest BCUT2D eigenvalue weighted by Crippen LogP contribution is -2.14. The molecule has 0 aliphatic rings. The third kappa shape index (κ3) is 3.85. The number of nitrogens with two attached hydrogens (primary N) is 1. The normalized spacial score (nSPS) is 10.6. The number of unbranched alkanes of at least 4 members (excludes halogenated alkanes) is 2. The van der Waals surface area contributed by atoms with Crippen LogP contribution in [0.4, 0.5) is 5.82 Å². The molecule has 1 aromatic heterocycles. The van der Waals surface area contributed by atoms with Crippen LogP contribution in [-0.2, 0) is 0 Å². The van der Waals surface area contributed by atoms with E-state index in [4.69, 9.17) is 10.6 Å². The molecule has 1 aromatic rings. The van der Waals surface area contributed by atoms with E-state index in [1.165, 1.54) is 19.2 Å². The molecule has 5 heteroatoms. The molecule has 0 bridgehead atoms. The summed E-state index contributed by atoms with van der Waals surface area (Å²) in [6, 6.07) is 0. The average Bonchev–Trinajstić information content (AvgIpc) is 2.33. The maximum absolute atomic E-state index is 5.70. The number of ether oxygens (including phenoxy) is 1. The number of nitrogen functional groups attached to an aromatic ring is 1. The minimum absolute atomic E-state index is 0.267. The van der Waals surface area contributed by atoms with Crippen molar-refractivity contribution in [3.8, 4) is 5.88 Å². The molecule has 0 saturated carbocycles. The first kappa shape index (κ1) is 13.7. The zero-order valence-corrected chi connectivity index (χ0v) is 10.9. The summed E-state index contributed by atoms with van der Waals surface area (Å²) in [6.07, 6.45) is 4.86. The molecule has 0 aromatic carbocycles. The van der Waals surface area contributed by atoms with E-state index in [0.29, 0.717) is 18.3 Å². The Morgan fingerprint density at radius 1 is 1.35 bits per heavy atom. The van der Waals surface area contributed by atoms with Crippen LogP contribution in [0, 0.1) is 0 Å². The topological polar surface area (TPSA) is 73.1 Å². The van der Waals surface area contributed by atoms with Crippen molar-refractivity contribution in [2.24, 2.45) is 5.84 Å². The van der Waals surface area contributed by atoms with Gasteiger partial charge in [-0.15, -0.1) is 0 Å². The second kappa shape index (κ2) is 7.06. The maximum Gasteiger partial charge on any atom is 0.222 e. The minimum atomic E-state index is 0.267. The number of nitrogens with zero attached hydrogens (tertiary/aromatic N) is 2. The first-order valence-electron chi connectivity index (χ1n) is 6.15. The predicted molar refractivity (Wildman–Crippen MR) is 69.0 cm³/mol. The molecule has 1 rings (SSSR count). The fourth-order valence-electron chi connectivity index (χ4n) is 1.65. The van der Waals surface area contributed by atoms with Crippen molar-refractivity contribution in [2.75, 3.05) is 12.0 Å². The SMILES string of the molecule is CCCCCOc1ncnc(NN)c1C(C)C. The van der Waals surface area contributed by atoms with Gasteiger partial charge in [0.25, 0.3) is 0 Å². The van der Waals surface area contributed by atoms with Crippen molar-refractivity contribution < 1.29 is 4.74 Å². The Labute approximate surface area is 103 Å². The van der Waals surface area contributed by atoms with Crippen molar-refractivity contribution in [2.45, 2.75) is 46.0 Å². The fourth-order valence-corrected chi connectivity index (χ4v) is 1.65. The van der Waals surface area contributed by atoms with Gasteiger partial charge in [0.05, 0.1) is 12.2 Å². The highest BCUT2D eigenvalue weighted by molar-refractivity contribution is 5.49. The summed E-state index contributed by atoms with van der Waals surface area (Å²) in [5.41, 5.74) is 3.52. The quantitative estimate of drug-likeness (QED) is 0.433. The molecule has 1 heterocycles. The van der Waals surface area contributed by atoms with Crippen molar-refractivity contribution in [1.29, 1.82) is 0 Å². The third-order valence-electron chi connectivity index (χ3n) is 2.55. The Balaban J connectivity index is 2.76. The van der Waals surface area contributed by atoms with E-state index < -0.39 is 0 Å². The molecule has 5 nitrogen and oxygen atoms in total. The molecule has 0 aliphatic heterocycles. The molecule has 0 saturated heterocycles. The molecule has 0 unspecified atom stereocenters. The highest BCUT2D eigenvalue weighted by Crippen LogP contribution is 2.29. The molecule has 17 heavy (non-hydrogen) atoms. The summed E-state index contributed by atoms with van der Waals surface area (Å²) >= 11 is 0. The van der Waals surface area contributed by atoms with Crippen LogP contribution in [0.15, 0.2) is 6.33 Å². The van der Waals surface area contributed by atoms with E-state index in [0.717, 1.165) is 12.0 Å². The van der Waals surface area contributed by atoms with Gasteiger partial charge in [-0.1, -0.05) is 33.6 Å². The van der Waals surface area contributed by atoms with Gasteiger partial charge >= 0.3 is 0 Å². The number of hydrazine groups is 1. The van der Waals surface area contributed by atoms with Crippen LogP contribution in [0.25, 0.3) is 0 Å². The molecular formula is C12H22N4O. The van der Waals surface area contributed by atoms with E-state index in [1.807, 2.05) is 0 Å². The lowest BCUT2D eigenvalue weighted by Gasteiger charge is -2.15. The molecule has 0 spiro atoms. The first-order chi connectivity index (χ1) is 8.20. The van der Waals surface area contributed by atoms with Crippen molar-refractivity contribution in [3.63, 3.8) is 0 Å². The van der Waals surface area contributed by atoms with Crippen molar-refractivity contribution >= 4 is 5.82 Å². The maximum atomic E-state index is 5.70. The highest BCUT2D eigenvalue weighted by Gasteiger charge is 2.15. The number of anilines is 1. The lowest BCUT2D eigenvalue weighted by atomic mass is 10.1. The zero-order chi connectivity index (χ0) is 12.7. The summed E-state index contributed by atoms with van der Waals surface area (Å²) in [4.78, 5) is 8.27. The van der Waals surface area contributed by atoms with Crippen molar-refractivity contribution in [1.82, 2.24) is 9.97 Å². The van der Waals surface area contributed by atoms with Gasteiger partial charge in [-0.2, -0.15) is 0 Å². The van der Waals surface area contributed by atoms with E-state index in [9.17, 15) is 0 Å². The minimum Gasteiger partial charge on any atom is -0.477 e. The van der Waals surface area contributed by atoms with Crippen LogP contribution in [0.5, 0.6) is 5.88 Å². The highest BCUT2D eigenvalue weighted by atomic mass is 16.5. The molecule has 0 amide bonds. The van der Waals surface area contributed by atoms with E-state index in [1.54, 1.807) is 0 Å². The zero-order valence-electron chi connectivity index (χ0n) is 10.9. The van der Waals surface area contributed by atoms with Crippen LogP contribution in [0.2, 0.25) is 0 Å². The molecule has 96 valence electrons. The Hall–Kier alpha value is -1.36. The Morgan fingerprint density at radius 3 is 2.71 bits per heavy atom. The van der Waals surface area contributed by atoms with Gasteiger partial charge < -0.3 is 10.2 Å². The predicted octanol–water partition coefficient (Wildman–Crippen LogP) is 2.45. The lowest BCUT2D eigenvalue weighted by molar-refractivity contribution is 0.290. The number of rotatable bonds is 7. The van der Waals surface area contributed by atoms with Crippen LogP contribution < -0.4 is 16.0 Å². The van der Waals surface area contributed by atoms with Gasteiger partial charge in [-0.05, 0) is 12.3 Å². The second-order valence-electron chi connectivity index (χ2n) is 4.30. The monoisotopic (exact) mass is 238 g/mol. The smallest absolute Gasteiger partial charge is 0.222 e. The summed E-state index contributed by atoms with van der Waals surface area (Å²) in [5, 5.41) is 0. The molecule has 0 fully saturated rings. The van der Waals surface area contributed by atoms with Crippen LogP contribution in [0.1, 0.15) is 51.5 Å². The van der Waals surface area contributed by atoms with E-state index >= 15 is 0 Å². The summed E-state index contributed by atoms with van der Waals surface area (Å²) in [7, 11) is 0. The van der Waals surface area contributed by atoms with Gasteiger partial charge in [0, 0.05) is 0 Å². The van der Waals surface area contributed by atoms with Gasteiger partial charge in [0.15, 0.2) is 5.82 Å². The molecule has 3 N–H and O–H groups in total. The Morgan fingerprint density at radius 2 is 2.12 bits per heavy atom. The largest absolute Gasteiger partial charge is 0.477 e. The van der Waals surface area contributed by atoms with Crippen LogP contribution in [-0.4, -0.2) is 16.6 Å².